The smallest absolute Gasteiger partial charge is 0.273 e. The van der Waals surface area contributed by atoms with Gasteiger partial charge < -0.3 is 10.2 Å². The first-order chi connectivity index (χ1) is 8.95. The molecule has 1 aromatic heterocycles. The van der Waals surface area contributed by atoms with Crippen molar-refractivity contribution in [2.75, 3.05) is 11.9 Å². The highest BCUT2D eigenvalue weighted by Gasteiger charge is 2.18. The number of carbonyl (C=O) groups excluding carboxylic acids is 1. The van der Waals surface area contributed by atoms with E-state index in [2.05, 4.69) is 16.9 Å². The van der Waals surface area contributed by atoms with Crippen LogP contribution in [-0.2, 0) is 0 Å². The van der Waals surface area contributed by atoms with E-state index in [9.17, 15) is 4.79 Å². The fourth-order valence-electron chi connectivity index (χ4n) is 1.74. The number of pyridine rings is 1. The molecule has 0 bridgehead atoms. The molecule has 0 aromatic carbocycles. The molecule has 0 radical (unpaired) electrons. The maximum atomic E-state index is 12.4. The number of rotatable bonds is 6. The van der Waals surface area contributed by atoms with Crippen molar-refractivity contribution in [1.82, 2.24) is 9.88 Å². The summed E-state index contributed by atoms with van der Waals surface area (Å²) in [5.41, 5.74) is 0.459. The van der Waals surface area contributed by atoms with Gasteiger partial charge in [-0.3, -0.25) is 4.79 Å². The summed E-state index contributed by atoms with van der Waals surface area (Å²) in [6.07, 6.45) is 1.73. The van der Waals surface area contributed by atoms with Crippen molar-refractivity contribution >= 4 is 11.7 Å². The van der Waals surface area contributed by atoms with E-state index in [1.54, 1.807) is 17.0 Å². The van der Waals surface area contributed by atoms with Crippen LogP contribution in [0.4, 0.5) is 5.82 Å². The van der Waals surface area contributed by atoms with Gasteiger partial charge in [-0.1, -0.05) is 12.1 Å². The number of hydrogen-bond donors (Lipinski definition) is 1. The van der Waals surface area contributed by atoms with Crippen LogP contribution in [0.25, 0.3) is 0 Å². The molecule has 19 heavy (non-hydrogen) atoms. The molecular weight excluding hydrogens is 238 g/mol. The Kier molecular flexibility index (Phi) is 5.55. The van der Waals surface area contributed by atoms with Gasteiger partial charge in [0.05, 0.1) is 0 Å². The minimum absolute atomic E-state index is 0.0673. The zero-order valence-electron chi connectivity index (χ0n) is 12.2. The Morgan fingerprint density at radius 2 is 2.11 bits per heavy atom. The first kappa shape index (κ1) is 15.2. The maximum Gasteiger partial charge on any atom is 0.273 e. The predicted molar refractivity (Wildman–Crippen MR) is 79.4 cm³/mol. The van der Waals surface area contributed by atoms with Crippen LogP contribution in [-0.4, -0.2) is 34.4 Å². The van der Waals surface area contributed by atoms with Gasteiger partial charge in [-0.25, -0.2) is 4.98 Å². The Balaban J connectivity index is 2.94. The quantitative estimate of drug-likeness (QED) is 0.801. The van der Waals surface area contributed by atoms with Gasteiger partial charge in [0.15, 0.2) is 0 Å². The Hall–Kier alpha value is -1.84. The lowest BCUT2D eigenvalue weighted by atomic mass is 10.2. The summed E-state index contributed by atoms with van der Waals surface area (Å²) in [5.74, 6) is 0.658. The standard InChI is InChI=1S/C15H23N3O/c1-6-10-18(12(4)5)15(19)13-8-7-9-14(17-13)16-11(2)3/h6-9,11-12H,1,10H2,2-5H3,(H,16,17). The van der Waals surface area contributed by atoms with Gasteiger partial charge in [0.1, 0.15) is 11.5 Å². The van der Waals surface area contributed by atoms with Crippen molar-refractivity contribution in [1.29, 1.82) is 0 Å². The third-order valence-electron chi connectivity index (χ3n) is 2.61. The Morgan fingerprint density at radius 1 is 1.42 bits per heavy atom. The fourth-order valence-corrected chi connectivity index (χ4v) is 1.74. The van der Waals surface area contributed by atoms with E-state index >= 15 is 0 Å². The van der Waals surface area contributed by atoms with Gasteiger partial charge in [0.25, 0.3) is 5.91 Å². The monoisotopic (exact) mass is 261 g/mol. The molecule has 0 aliphatic carbocycles. The van der Waals surface area contributed by atoms with E-state index in [1.165, 1.54) is 0 Å². The lowest BCUT2D eigenvalue weighted by molar-refractivity contribution is 0.0723. The SMILES string of the molecule is C=CCN(C(=O)c1cccc(NC(C)C)n1)C(C)C. The molecule has 1 aromatic rings. The van der Waals surface area contributed by atoms with E-state index in [0.717, 1.165) is 5.82 Å². The molecule has 0 aliphatic heterocycles. The lowest BCUT2D eigenvalue weighted by Crippen LogP contribution is -2.37. The van der Waals surface area contributed by atoms with Crippen LogP contribution < -0.4 is 5.32 Å². The number of hydrogen-bond acceptors (Lipinski definition) is 3. The third kappa shape index (κ3) is 4.39. The molecule has 0 spiro atoms. The number of carbonyl (C=O) groups is 1. The third-order valence-corrected chi connectivity index (χ3v) is 2.61. The van der Waals surface area contributed by atoms with E-state index in [4.69, 9.17) is 0 Å². The normalized spacial score (nSPS) is 10.6. The number of nitrogens with zero attached hydrogens (tertiary/aromatic N) is 2. The molecule has 1 heterocycles. The largest absolute Gasteiger partial charge is 0.368 e. The zero-order chi connectivity index (χ0) is 14.4. The zero-order valence-corrected chi connectivity index (χ0v) is 12.2. The molecule has 0 saturated heterocycles. The summed E-state index contributed by atoms with van der Waals surface area (Å²) in [6, 6.07) is 5.86. The van der Waals surface area contributed by atoms with Crippen molar-refractivity contribution in [2.24, 2.45) is 0 Å². The van der Waals surface area contributed by atoms with Crippen LogP contribution in [0.1, 0.15) is 38.2 Å². The summed E-state index contributed by atoms with van der Waals surface area (Å²) in [4.78, 5) is 18.5. The van der Waals surface area contributed by atoms with Gasteiger partial charge in [-0.15, -0.1) is 6.58 Å². The predicted octanol–water partition coefficient (Wildman–Crippen LogP) is 2.94. The van der Waals surface area contributed by atoms with Crippen LogP contribution in [0, 0.1) is 0 Å². The van der Waals surface area contributed by atoms with Gasteiger partial charge >= 0.3 is 0 Å². The molecule has 104 valence electrons. The van der Waals surface area contributed by atoms with E-state index < -0.39 is 0 Å². The first-order valence-corrected chi connectivity index (χ1v) is 6.61. The molecule has 1 N–H and O–H groups in total. The lowest BCUT2D eigenvalue weighted by Gasteiger charge is -2.25. The molecular formula is C15H23N3O. The van der Waals surface area contributed by atoms with Crippen LogP contribution >= 0.6 is 0 Å². The van der Waals surface area contributed by atoms with Crippen LogP contribution in [0.2, 0.25) is 0 Å². The van der Waals surface area contributed by atoms with Crippen molar-refractivity contribution in [3.63, 3.8) is 0 Å². The van der Waals surface area contributed by atoms with Crippen molar-refractivity contribution in [3.05, 3.63) is 36.5 Å². The van der Waals surface area contributed by atoms with Crippen LogP contribution in [0.15, 0.2) is 30.9 Å². The average Bonchev–Trinajstić information content (AvgIpc) is 2.34. The van der Waals surface area contributed by atoms with Gasteiger partial charge in [0.2, 0.25) is 0 Å². The topological polar surface area (TPSA) is 45.2 Å². The summed E-state index contributed by atoms with van der Waals surface area (Å²) in [7, 11) is 0. The summed E-state index contributed by atoms with van der Waals surface area (Å²) < 4.78 is 0. The Bertz CT molecular complexity index is 441. The molecule has 0 atom stereocenters. The first-order valence-electron chi connectivity index (χ1n) is 6.61. The van der Waals surface area contributed by atoms with E-state index in [0.29, 0.717) is 12.2 Å². The highest BCUT2D eigenvalue weighted by molar-refractivity contribution is 5.93. The van der Waals surface area contributed by atoms with Gasteiger partial charge in [-0.2, -0.15) is 0 Å². The van der Waals surface area contributed by atoms with Crippen LogP contribution in [0.5, 0.6) is 0 Å². The summed E-state index contributed by atoms with van der Waals surface area (Å²) in [6.45, 7) is 12.3. The molecule has 0 aliphatic rings. The fraction of sp³-hybridized carbons (Fsp3) is 0.467. The second kappa shape index (κ2) is 6.92. The summed E-state index contributed by atoms with van der Waals surface area (Å²) >= 11 is 0. The number of anilines is 1. The van der Waals surface area contributed by atoms with Crippen LogP contribution in [0.3, 0.4) is 0 Å². The number of nitrogens with one attached hydrogen (secondary N) is 1. The Labute approximate surface area is 115 Å². The number of amides is 1. The number of aromatic nitrogens is 1. The van der Waals surface area contributed by atoms with Gasteiger partial charge in [-0.05, 0) is 39.8 Å². The van der Waals surface area contributed by atoms with E-state index in [1.807, 2.05) is 39.8 Å². The highest BCUT2D eigenvalue weighted by atomic mass is 16.2. The minimum Gasteiger partial charge on any atom is -0.368 e. The van der Waals surface area contributed by atoms with Crippen molar-refractivity contribution < 1.29 is 4.79 Å². The molecule has 0 saturated carbocycles. The van der Waals surface area contributed by atoms with Crippen molar-refractivity contribution in [3.8, 4) is 0 Å². The van der Waals surface area contributed by atoms with Crippen molar-refractivity contribution in [2.45, 2.75) is 39.8 Å². The summed E-state index contributed by atoms with van der Waals surface area (Å²) in [5, 5.41) is 3.20. The molecule has 1 amide bonds. The Morgan fingerprint density at radius 3 is 2.63 bits per heavy atom. The molecule has 0 unspecified atom stereocenters. The second-order valence-corrected chi connectivity index (χ2v) is 5.05. The molecule has 1 rings (SSSR count). The molecule has 4 nitrogen and oxygen atoms in total. The van der Waals surface area contributed by atoms with E-state index in [-0.39, 0.29) is 18.0 Å². The average molecular weight is 261 g/mol. The minimum atomic E-state index is -0.0673. The maximum absolute atomic E-state index is 12.4. The molecule has 0 fully saturated rings. The second-order valence-electron chi connectivity index (χ2n) is 5.05. The van der Waals surface area contributed by atoms with Gasteiger partial charge in [0, 0.05) is 18.6 Å². The highest BCUT2D eigenvalue weighted by Crippen LogP contribution is 2.11. The molecule has 4 heteroatoms.